The summed E-state index contributed by atoms with van der Waals surface area (Å²) in [6.45, 7) is 0.144. The summed E-state index contributed by atoms with van der Waals surface area (Å²) in [4.78, 5) is 11.9. The van der Waals surface area contributed by atoms with Crippen LogP contribution >= 0.6 is 0 Å². The molecule has 0 atom stereocenters. The zero-order valence-corrected chi connectivity index (χ0v) is 11.3. The van der Waals surface area contributed by atoms with Gasteiger partial charge in [0.05, 0.1) is 5.60 Å². The van der Waals surface area contributed by atoms with Crippen molar-refractivity contribution < 1.29 is 18.7 Å². The van der Waals surface area contributed by atoms with E-state index in [-0.39, 0.29) is 12.1 Å². The molecule has 0 spiro atoms. The van der Waals surface area contributed by atoms with Gasteiger partial charge in [-0.15, -0.1) is 0 Å². The highest BCUT2D eigenvalue weighted by Crippen LogP contribution is 2.26. The van der Waals surface area contributed by atoms with Crippen molar-refractivity contribution in [1.82, 2.24) is 5.32 Å². The molecule has 1 saturated carbocycles. The van der Waals surface area contributed by atoms with E-state index in [0.717, 1.165) is 37.8 Å². The molecule has 0 bridgehead atoms. The fourth-order valence-electron chi connectivity index (χ4n) is 2.55. The minimum atomic E-state index is -1.05. The Morgan fingerprint density at radius 2 is 1.80 bits per heavy atom. The Balaban J connectivity index is 1.95. The van der Waals surface area contributed by atoms with Crippen molar-refractivity contribution in [3.8, 4) is 0 Å². The molecule has 0 aliphatic heterocycles. The van der Waals surface area contributed by atoms with E-state index in [1.165, 1.54) is 6.07 Å². The summed E-state index contributed by atoms with van der Waals surface area (Å²) in [5, 5.41) is 13.0. The van der Waals surface area contributed by atoms with Gasteiger partial charge in [-0.2, -0.15) is 0 Å². The number of aliphatic hydroxyl groups is 1. The van der Waals surface area contributed by atoms with Gasteiger partial charge in [-0.1, -0.05) is 25.7 Å². The topological polar surface area (TPSA) is 49.3 Å². The van der Waals surface area contributed by atoms with Crippen molar-refractivity contribution in [2.45, 2.75) is 44.1 Å². The molecule has 20 heavy (non-hydrogen) atoms. The van der Waals surface area contributed by atoms with Crippen LogP contribution in [-0.2, 0) is 0 Å². The molecular formula is C15H19F2NO2. The molecule has 0 saturated heterocycles. The molecule has 1 aliphatic rings. The zero-order chi connectivity index (χ0) is 14.6. The van der Waals surface area contributed by atoms with Gasteiger partial charge in [-0.3, -0.25) is 4.79 Å². The van der Waals surface area contributed by atoms with Gasteiger partial charge in [0, 0.05) is 12.1 Å². The van der Waals surface area contributed by atoms with Crippen LogP contribution in [0.4, 0.5) is 8.78 Å². The second-order valence-electron chi connectivity index (χ2n) is 5.45. The standard InChI is InChI=1S/C15H19F2NO2/c16-12-6-5-11(9-13(12)17)14(19)18-10-15(20)7-3-1-2-4-8-15/h5-6,9,20H,1-4,7-8,10H2,(H,18,19). The predicted molar refractivity (Wildman–Crippen MR) is 71.3 cm³/mol. The third kappa shape index (κ3) is 3.76. The molecule has 0 unspecified atom stereocenters. The first-order valence-electron chi connectivity index (χ1n) is 6.96. The van der Waals surface area contributed by atoms with Crippen LogP contribution in [0.2, 0.25) is 0 Å². The van der Waals surface area contributed by atoms with Gasteiger partial charge in [0.2, 0.25) is 0 Å². The largest absolute Gasteiger partial charge is 0.388 e. The Kier molecular flexibility index (Phi) is 4.70. The van der Waals surface area contributed by atoms with Crippen LogP contribution in [0.5, 0.6) is 0 Å². The molecule has 1 amide bonds. The minimum absolute atomic E-state index is 0.0566. The lowest BCUT2D eigenvalue weighted by atomic mass is 9.94. The van der Waals surface area contributed by atoms with E-state index in [0.29, 0.717) is 12.8 Å². The van der Waals surface area contributed by atoms with Gasteiger partial charge in [0.1, 0.15) is 0 Å². The van der Waals surface area contributed by atoms with Gasteiger partial charge in [0.15, 0.2) is 11.6 Å². The van der Waals surface area contributed by atoms with Crippen LogP contribution in [-0.4, -0.2) is 23.2 Å². The second kappa shape index (κ2) is 6.31. The maximum absolute atomic E-state index is 13.1. The molecule has 0 heterocycles. The molecule has 5 heteroatoms. The van der Waals surface area contributed by atoms with Gasteiger partial charge in [-0.05, 0) is 31.0 Å². The Morgan fingerprint density at radius 1 is 1.15 bits per heavy atom. The highest BCUT2D eigenvalue weighted by molar-refractivity contribution is 5.94. The van der Waals surface area contributed by atoms with E-state index in [9.17, 15) is 18.7 Å². The smallest absolute Gasteiger partial charge is 0.251 e. The lowest BCUT2D eigenvalue weighted by Gasteiger charge is -2.26. The number of carbonyl (C=O) groups excluding carboxylic acids is 1. The van der Waals surface area contributed by atoms with E-state index in [2.05, 4.69) is 5.32 Å². The highest BCUT2D eigenvalue weighted by Gasteiger charge is 2.28. The van der Waals surface area contributed by atoms with Crippen molar-refractivity contribution in [3.05, 3.63) is 35.4 Å². The van der Waals surface area contributed by atoms with Crippen molar-refractivity contribution in [1.29, 1.82) is 0 Å². The molecule has 1 fully saturated rings. The molecule has 0 radical (unpaired) electrons. The summed E-state index contributed by atoms with van der Waals surface area (Å²) in [7, 11) is 0. The van der Waals surface area contributed by atoms with Crippen LogP contribution < -0.4 is 5.32 Å². The SMILES string of the molecule is O=C(NCC1(O)CCCCCC1)c1ccc(F)c(F)c1. The Morgan fingerprint density at radius 3 is 2.40 bits per heavy atom. The Labute approximate surface area is 117 Å². The van der Waals surface area contributed by atoms with Gasteiger partial charge in [0.25, 0.3) is 5.91 Å². The van der Waals surface area contributed by atoms with Gasteiger partial charge in [-0.25, -0.2) is 8.78 Å². The van der Waals surface area contributed by atoms with Crippen LogP contribution in [0.15, 0.2) is 18.2 Å². The normalized spacial score (nSPS) is 18.4. The maximum atomic E-state index is 13.1. The first kappa shape index (κ1) is 14.9. The molecule has 2 rings (SSSR count). The van der Waals surface area contributed by atoms with Gasteiger partial charge < -0.3 is 10.4 Å². The monoisotopic (exact) mass is 283 g/mol. The number of carbonyl (C=O) groups is 1. The van der Waals surface area contributed by atoms with Crippen molar-refractivity contribution in [2.24, 2.45) is 0 Å². The average molecular weight is 283 g/mol. The Hall–Kier alpha value is -1.49. The molecular weight excluding hydrogens is 264 g/mol. The maximum Gasteiger partial charge on any atom is 0.251 e. The van der Waals surface area contributed by atoms with E-state index in [4.69, 9.17) is 0 Å². The number of nitrogens with one attached hydrogen (secondary N) is 1. The number of amides is 1. The van der Waals surface area contributed by atoms with Crippen LogP contribution in [0.1, 0.15) is 48.9 Å². The van der Waals surface area contributed by atoms with E-state index >= 15 is 0 Å². The quantitative estimate of drug-likeness (QED) is 0.838. The van der Waals surface area contributed by atoms with E-state index in [1.807, 2.05) is 0 Å². The fraction of sp³-hybridized carbons (Fsp3) is 0.533. The van der Waals surface area contributed by atoms with Crippen LogP contribution in [0, 0.1) is 11.6 Å². The summed E-state index contributed by atoms with van der Waals surface area (Å²) >= 11 is 0. The summed E-state index contributed by atoms with van der Waals surface area (Å²) in [5.41, 5.74) is -0.828. The molecule has 1 aromatic carbocycles. The lowest BCUT2D eigenvalue weighted by molar-refractivity contribution is 0.0246. The number of hydrogen-bond donors (Lipinski definition) is 2. The van der Waals surface area contributed by atoms with Crippen molar-refractivity contribution >= 4 is 5.91 Å². The third-order valence-electron chi connectivity index (χ3n) is 3.79. The molecule has 1 aliphatic carbocycles. The third-order valence-corrected chi connectivity index (χ3v) is 3.79. The van der Waals surface area contributed by atoms with E-state index in [1.54, 1.807) is 0 Å². The first-order chi connectivity index (χ1) is 9.50. The minimum Gasteiger partial charge on any atom is -0.388 e. The van der Waals surface area contributed by atoms with Crippen LogP contribution in [0.3, 0.4) is 0 Å². The van der Waals surface area contributed by atoms with Crippen molar-refractivity contribution in [3.63, 3.8) is 0 Å². The first-order valence-corrected chi connectivity index (χ1v) is 6.96. The molecule has 0 aromatic heterocycles. The molecule has 1 aromatic rings. The highest BCUT2D eigenvalue weighted by atomic mass is 19.2. The van der Waals surface area contributed by atoms with E-state index < -0.39 is 23.1 Å². The van der Waals surface area contributed by atoms with Gasteiger partial charge >= 0.3 is 0 Å². The number of hydrogen-bond acceptors (Lipinski definition) is 2. The number of rotatable bonds is 3. The van der Waals surface area contributed by atoms with Crippen LogP contribution in [0.25, 0.3) is 0 Å². The fourth-order valence-corrected chi connectivity index (χ4v) is 2.55. The molecule has 110 valence electrons. The summed E-state index contributed by atoms with van der Waals surface area (Å²) < 4.78 is 25.9. The Bertz CT molecular complexity index is 483. The number of benzene rings is 1. The average Bonchev–Trinajstić information content (AvgIpc) is 2.65. The van der Waals surface area contributed by atoms with Crippen molar-refractivity contribution in [2.75, 3.05) is 6.54 Å². The summed E-state index contributed by atoms with van der Waals surface area (Å²) in [6.07, 6.45) is 5.39. The second-order valence-corrected chi connectivity index (χ2v) is 5.45. The lowest BCUT2D eigenvalue weighted by Crippen LogP contribution is -2.42. The summed E-state index contributed by atoms with van der Waals surface area (Å²) in [6, 6.07) is 3.01. The predicted octanol–water partition coefficient (Wildman–Crippen LogP) is 2.78. The molecule has 3 nitrogen and oxygen atoms in total. The summed E-state index contributed by atoms with van der Waals surface area (Å²) in [5.74, 6) is -2.53. The zero-order valence-electron chi connectivity index (χ0n) is 11.3. The number of halogens is 2. The molecule has 2 N–H and O–H groups in total.